The molecule has 0 unspecified atom stereocenters. The van der Waals surface area contributed by atoms with E-state index in [0.29, 0.717) is 43.2 Å². The molecule has 1 fully saturated rings. The molecular formula is C23H25N3O5S. The van der Waals surface area contributed by atoms with Crippen LogP contribution in [0.3, 0.4) is 0 Å². The van der Waals surface area contributed by atoms with Gasteiger partial charge in [-0.2, -0.15) is 4.31 Å². The van der Waals surface area contributed by atoms with E-state index in [1.165, 1.54) is 0 Å². The van der Waals surface area contributed by atoms with Gasteiger partial charge in [-0.25, -0.2) is 8.42 Å². The van der Waals surface area contributed by atoms with Gasteiger partial charge in [0.1, 0.15) is 0 Å². The summed E-state index contributed by atoms with van der Waals surface area (Å²) in [6, 6.07) is 12.7. The lowest BCUT2D eigenvalue weighted by Crippen LogP contribution is -2.27. The van der Waals surface area contributed by atoms with Crippen LogP contribution in [0.25, 0.3) is 10.9 Å². The van der Waals surface area contributed by atoms with E-state index in [2.05, 4.69) is 5.32 Å². The molecule has 2 aromatic carbocycles. The lowest BCUT2D eigenvalue weighted by Gasteiger charge is -2.15. The fourth-order valence-electron chi connectivity index (χ4n) is 4.17. The lowest BCUT2D eigenvalue weighted by molar-refractivity contribution is -0.121. The van der Waals surface area contributed by atoms with Crippen LogP contribution in [0, 0.1) is 0 Å². The number of fused-ring (bicyclic) bond motifs is 2. The fourth-order valence-corrected chi connectivity index (χ4v) is 5.73. The number of hydrogen-bond acceptors (Lipinski definition) is 5. The summed E-state index contributed by atoms with van der Waals surface area (Å²) < 4.78 is 39.8. The maximum atomic E-state index is 12.8. The summed E-state index contributed by atoms with van der Waals surface area (Å²) in [5, 5.41) is 3.78. The third kappa shape index (κ3) is 4.05. The van der Waals surface area contributed by atoms with Crippen LogP contribution < -0.4 is 14.8 Å². The number of nitrogens with zero attached hydrogens (tertiary/aromatic N) is 2. The Labute approximate surface area is 186 Å². The molecule has 0 spiro atoms. The lowest BCUT2D eigenvalue weighted by atomic mass is 10.2. The van der Waals surface area contributed by atoms with Crippen molar-refractivity contribution in [2.45, 2.75) is 37.2 Å². The summed E-state index contributed by atoms with van der Waals surface area (Å²) in [6.07, 6.45) is 4.04. The van der Waals surface area contributed by atoms with Gasteiger partial charge >= 0.3 is 0 Å². The van der Waals surface area contributed by atoms with Crippen LogP contribution in [-0.2, 0) is 27.9 Å². The molecule has 0 atom stereocenters. The van der Waals surface area contributed by atoms with Crippen LogP contribution in [0.5, 0.6) is 11.5 Å². The van der Waals surface area contributed by atoms with E-state index in [0.717, 1.165) is 35.1 Å². The number of carbonyl (C=O) groups excluding carboxylic acids is 1. The van der Waals surface area contributed by atoms with Gasteiger partial charge in [0.05, 0.1) is 4.90 Å². The first-order chi connectivity index (χ1) is 15.5. The number of nitrogens with one attached hydrogen (secondary N) is 1. The van der Waals surface area contributed by atoms with Crippen molar-refractivity contribution in [3.63, 3.8) is 0 Å². The highest BCUT2D eigenvalue weighted by Crippen LogP contribution is 2.32. The summed E-state index contributed by atoms with van der Waals surface area (Å²) in [4.78, 5) is 12.7. The largest absolute Gasteiger partial charge is 0.454 e. The molecule has 3 heterocycles. The second-order valence-corrected chi connectivity index (χ2v) is 9.99. The quantitative estimate of drug-likeness (QED) is 0.592. The number of aromatic nitrogens is 1. The Morgan fingerprint density at radius 3 is 2.66 bits per heavy atom. The minimum Gasteiger partial charge on any atom is -0.454 e. The summed E-state index contributed by atoms with van der Waals surface area (Å²) in [5.41, 5.74) is 1.86. The standard InChI is InChI=1S/C23H25N3O5S/c27-23(24-15-17-3-6-21-22(13-17)31-16-30-21)8-12-25-11-7-18-14-19(4-5-20(18)25)32(28,29)26-9-1-2-10-26/h3-7,11,13-14H,1-2,8-10,12,15-16H2,(H,24,27). The molecule has 3 aromatic rings. The van der Waals surface area contributed by atoms with E-state index in [9.17, 15) is 13.2 Å². The average Bonchev–Trinajstić information content (AvgIpc) is 3.56. The first kappa shape index (κ1) is 20.8. The van der Waals surface area contributed by atoms with Crippen LogP contribution in [0.15, 0.2) is 53.6 Å². The SMILES string of the molecule is O=C(CCn1ccc2cc(S(=O)(=O)N3CCCC3)ccc21)NCc1ccc2c(c1)OCO2. The van der Waals surface area contributed by atoms with Crippen molar-refractivity contribution in [1.29, 1.82) is 0 Å². The van der Waals surface area contributed by atoms with Crippen LogP contribution in [0.2, 0.25) is 0 Å². The van der Waals surface area contributed by atoms with Crippen molar-refractivity contribution >= 4 is 26.8 Å². The fraction of sp³-hybridized carbons (Fsp3) is 0.348. The number of ether oxygens (including phenoxy) is 2. The van der Waals surface area contributed by atoms with Crippen molar-refractivity contribution < 1.29 is 22.7 Å². The van der Waals surface area contributed by atoms with Gasteiger partial charge in [-0.3, -0.25) is 4.79 Å². The molecule has 1 amide bonds. The van der Waals surface area contributed by atoms with Crippen LogP contribution >= 0.6 is 0 Å². The molecule has 0 saturated carbocycles. The molecule has 0 bridgehead atoms. The number of sulfonamides is 1. The molecule has 1 aromatic heterocycles. The predicted octanol–water partition coefficient (Wildman–Crippen LogP) is 2.86. The van der Waals surface area contributed by atoms with E-state index in [1.54, 1.807) is 16.4 Å². The first-order valence-corrected chi connectivity index (χ1v) is 12.2. The van der Waals surface area contributed by atoms with Gasteiger partial charge in [-0.1, -0.05) is 6.07 Å². The smallest absolute Gasteiger partial charge is 0.243 e. The van der Waals surface area contributed by atoms with Crippen LogP contribution in [0.4, 0.5) is 0 Å². The second-order valence-electron chi connectivity index (χ2n) is 8.06. The Morgan fingerprint density at radius 1 is 1.00 bits per heavy atom. The predicted molar refractivity (Wildman–Crippen MR) is 119 cm³/mol. The van der Waals surface area contributed by atoms with E-state index < -0.39 is 10.0 Å². The average molecular weight is 456 g/mol. The minimum atomic E-state index is -3.44. The first-order valence-electron chi connectivity index (χ1n) is 10.7. The van der Waals surface area contributed by atoms with Gasteiger partial charge in [-0.15, -0.1) is 0 Å². The highest BCUT2D eigenvalue weighted by Gasteiger charge is 2.27. The molecule has 2 aliphatic rings. The van der Waals surface area contributed by atoms with Crippen molar-refractivity contribution in [3.8, 4) is 11.5 Å². The highest BCUT2D eigenvalue weighted by molar-refractivity contribution is 7.89. The van der Waals surface area contributed by atoms with E-state index in [4.69, 9.17) is 9.47 Å². The molecular weight excluding hydrogens is 430 g/mol. The molecule has 32 heavy (non-hydrogen) atoms. The Kier molecular flexibility index (Phi) is 5.52. The van der Waals surface area contributed by atoms with Crippen LogP contribution in [-0.4, -0.2) is 43.1 Å². The van der Waals surface area contributed by atoms with Crippen molar-refractivity contribution in [2.75, 3.05) is 19.9 Å². The molecule has 9 heteroatoms. The van der Waals surface area contributed by atoms with Gasteiger partial charge < -0.3 is 19.4 Å². The van der Waals surface area contributed by atoms with Crippen molar-refractivity contribution in [2.24, 2.45) is 0 Å². The highest BCUT2D eigenvalue weighted by atomic mass is 32.2. The number of aryl methyl sites for hydroxylation is 1. The van der Waals surface area contributed by atoms with Crippen LogP contribution in [0.1, 0.15) is 24.8 Å². The molecule has 8 nitrogen and oxygen atoms in total. The Balaban J connectivity index is 1.20. The zero-order valence-corrected chi connectivity index (χ0v) is 18.4. The molecule has 5 rings (SSSR count). The summed E-state index contributed by atoms with van der Waals surface area (Å²) in [7, 11) is -3.44. The Bertz CT molecular complexity index is 1260. The molecule has 1 N–H and O–H groups in total. The number of amides is 1. The zero-order chi connectivity index (χ0) is 22.1. The second kappa shape index (κ2) is 8.48. The topological polar surface area (TPSA) is 89.9 Å². The van der Waals surface area contributed by atoms with Gasteiger partial charge in [0.2, 0.25) is 22.7 Å². The number of rotatable bonds is 7. The molecule has 2 aliphatic heterocycles. The Hall–Kier alpha value is -3.04. The monoisotopic (exact) mass is 455 g/mol. The molecule has 1 saturated heterocycles. The number of carbonyl (C=O) groups is 1. The zero-order valence-electron chi connectivity index (χ0n) is 17.6. The summed E-state index contributed by atoms with van der Waals surface area (Å²) >= 11 is 0. The van der Waals surface area contributed by atoms with Crippen molar-refractivity contribution in [3.05, 3.63) is 54.2 Å². The number of benzene rings is 2. The molecule has 0 radical (unpaired) electrons. The van der Waals surface area contributed by atoms with E-state index >= 15 is 0 Å². The van der Waals surface area contributed by atoms with Gasteiger partial charge in [0.25, 0.3) is 0 Å². The third-order valence-corrected chi connectivity index (χ3v) is 7.85. The van der Waals surface area contributed by atoms with Crippen molar-refractivity contribution in [1.82, 2.24) is 14.2 Å². The van der Waals surface area contributed by atoms with Gasteiger partial charge in [0.15, 0.2) is 11.5 Å². The normalized spacial score (nSPS) is 16.0. The Morgan fingerprint density at radius 2 is 1.81 bits per heavy atom. The van der Waals surface area contributed by atoms with E-state index in [1.807, 2.05) is 41.1 Å². The minimum absolute atomic E-state index is 0.0576. The molecule has 168 valence electrons. The third-order valence-electron chi connectivity index (χ3n) is 5.95. The molecule has 0 aliphatic carbocycles. The number of hydrogen-bond donors (Lipinski definition) is 1. The maximum absolute atomic E-state index is 12.8. The van der Waals surface area contributed by atoms with Gasteiger partial charge in [-0.05, 0) is 54.8 Å². The van der Waals surface area contributed by atoms with Gasteiger partial charge in [0, 0.05) is 49.7 Å². The summed E-state index contributed by atoms with van der Waals surface area (Å²) in [5.74, 6) is 1.36. The summed E-state index contributed by atoms with van der Waals surface area (Å²) in [6.45, 7) is 2.32. The van der Waals surface area contributed by atoms with E-state index in [-0.39, 0.29) is 12.7 Å². The maximum Gasteiger partial charge on any atom is 0.243 e.